The highest BCUT2D eigenvalue weighted by atomic mass is 16.4. The molecule has 3 rings (SSSR count). The highest BCUT2D eigenvalue weighted by Crippen LogP contribution is 2.47. The van der Waals surface area contributed by atoms with Gasteiger partial charge in [-0.2, -0.15) is 0 Å². The van der Waals surface area contributed by atoms with E-state index >= 15 is 0 Å². The highest BCUT2D eigenvalue weighted by molar-refractivity contribution is 5.95. The Bertz CT molecular complexity index is 607. The number of para-hydroxylation sites is 4. The molecule has 2 aromatic carbocycles. The van der Waals surface area contributed by atoms with Crippen molar-refractivity contribution >= 4 is 28.7 Å². The molecule has 0 bridgehead atoms. The van der Waals surface area contributed by atoms with Crippen molar-refractivity contribution in [3.05, 3.63) is 48.5 Å². The summed E-state index contributed by atoms with van der Waals surface area (Å²) in [6, 6.07) is 15.7. The van der Waals surface area contributed by atoms with Crippen LogP contribution < -0.4 is 14.9 Å². The van der Waals surface area contributed by atoms with Gasteiger partial charge in [-0.05, 0) is 31.2 Å². The van der Waals surface area contributed by atoms with Crippen LogP contribution in [0.25, 0.3) is 0 Å². The zero-order valence-electron chi connectivity index (χ0n) is 11.2. The summed E-state index contributed by atoms with van der Waals surface area (Å²) in [5, 5.41) is 11.1. The van der Waals surface area contributed by atoms with E-state index in [9.17, 15) is 9.90 Å². The van der Waals surface area contributed by atoms with Crippen molar-refractivity contribution in [2.45, 2.75) is 6.92 Å². The van der Waals surface area contributed by atoms with Gasteiger partial charge in [0, 0.05) is 6.54 Å². The fourth-order valence-corrected chi connectivity index (χ4v) is 2.74. The monoisotopic (exact) mass is 267 g/mol. The molecule has 1 heterocycles. The second-order valence-electron chi connectivity index (χ2n) is 4.68. The van der Waals surface area contributed by atoms with Crippen LogP contribution in [0.5, 0.6) is 0 Å². The molecule has 0 saturated heterocycles. The fraction of sp³-hybridized carbons (Fsp3) is 0.188. The zero-order chi connectivity index (χ0) is 14.1. The minimum atomic E-state index is -1.08. The van der Waals surface area contributed by atoms with Crippen LogP contribution in [-0.4, -0.2) is 19.1 Å². The van der Waals surface area contributed by atoms with Crippen LogP contribution in [0.2, 0.25) is 0 Å². The van der Waals surface area contributed by atoms with Gasteiger partial charge in [-0.25, -0.2) is 0 Å². The molecular weight excluding hydrogens is 252 g/mol. The fourth-order valence-electron chi connectivity index (χ4n) is 2.74. The second kappa shape index (κ2) is 4.89. The summed E-state index contributed by atoms with van der Waals surface area (Å²) in [5.74, 6) is -1.08. The summed E-state index contributed by atoms with van der Waals surface area (Å²) >= 11 is 0. The molecule has 0 N–H and O–H groups in total. The number of carbonyl (C=O) groups excluding carboxylic acids is 1. The molecule has 0 amide bonds. The molecule has 4 nitrogen and oxygen atoms in total. The summed E-state index contributed by atoms with van der Waals surface area (Å²) in [6.07, 6.45) is 0. The molecule has 1 aliphatic heterocycles. The van der Waals surface area contributed by atoms with Crippen LogP contribution in [0.15, 0.2) is 48.5 Å². The average molecular weight is 267 g/mol. The Balaban J connectivity index is 2.21. The largest absolute Gasteiger partial charge is 0.548 e. The summed E-state index contributed by atoms with van der Waals surface area (Å²) in [6.45, 7) is 2.76. The number of carboxylic acid groups (broad SMARTS) is 1. The lowest BCUT2D eigenvalue weighted by Crippen LogP contribution is -2.38. The van der Waals surface area contributed by atoms with E-state index < -0.39 is 5.97 Å². The SMILES string of the molecule is CCN1c2ccccc2N(CC(=O)[O-])c2ccccc21. The van der Waals surface area contributed by atoms with E-state index in [-0.39, 0.29) is 6.54 Å². The summed E-state index contributed by atoms with van der Waals surface area (Å²) in [5.41, 5.74) is 3.85. The molecule has 0 radical (unpaired) electrons. The van der Waals surface area contributed by atoms with Gasteiger partial charge in [0.25, 0.3) is 0 Å². The van der Waals surface area contributed by atoms with Crippen LogP contribution in [0.1, 0.15) is 6.92 Å². The first-order chi connectivity index (χ1) is 9.72. The van der Waals surface area contributed by atoms with Gasteiger partial charge in [-0.1, -0.05) is 24.3 Å². The second-order valence-corrected chi connectivity index (χ2v) is 4.68. The third kappa shape index (κ3) is 1.90. The predicted molar refractivity (Wildman–Crippen MR) is 77.6 cm³/mol. The van der Waals surface area contributed by atoms with Gasteiger partial charge in [-0.3, -0.25) is 0 Å². The number of hydrogen-bond donors (Lipinski definition) is 0. The van der Waals surface area contributed by atoms with E-state index in [1.807, 2.05) is 48.5 Å². The quantitative estimate of drug-likeness (QED) is 0.854. The van der Waals surface area contributed by atoms with Crippen molar-refractivity contribution in [2.75, 3.05) is 22.9 Å². The minimum Gasteiger partial charge on any atom is -0.548 e. The summed E-state index contributed by atoms with van der Waals surface area (Å²) in [4.78, 5) is 15.1. The first-order valence-electron chi connectivity index (χ1n) is 6.65. The molecule has 0 atom stereocenters. The standard InChI is InChI=1S/C16H16N2O2/c1-2-17-12-7-3-5-9-14(12)18(11-16(19)20)15-10-6-4-8-13(15)17/h3-10H,2,11H2,1H3,(H,19,20)/p-1. The molecular formula is C16H15N2O2-. The number of nitrogens with zero attached hydrogens (tertiary/aromatic N) is 2. The molecule has 0 fully saturated rings. The topological polar surface area (TPSA) is 46.6 Å². The molecule has 1 aliphatic rings. The number of carbonyl (C=O) groups is 1. The smallest absolute Gasteiger partial charge is 0.0656 e. The normalized spacial score (nSPS) is 12.8. The van der Waals surface area contributed by atoms with Gasteiger partial charge in [0.1, 0.15) is 0 Å². The predicted octanol–water partition coefficient (Wildman–Crippen LogP) is 2.05. The number of anilines is 4. The summed E-state index contributed by atoms with van der Waals surface area (Å²) < 4.78 is 0. The number of benzene rings is 2. The van der Waals surface area contributed by atoms with Crippen molar-refractivity contribution in [1.82, 2.24) is 0 Å². The van der Waals surface area contributed by atoms with Crippen molar-refractivity contribution < 1.29 is 9.90 Å². The van der Waals surface area contributed by atoms with Crippen LogP contribution in [-0.2, 0) is 4.79 Å². The summed E-state index contributed by atoms with van der Waals surface area (Å²) in [7, 11) is 0. The van der Waals surface area contributed by atoms with E-state index in [0.717, 1.165) is 29.3 Å². The lowest BCUT2D eigenvalue weighted by Gasteiger charge is -2.40. The number of rotatable bonds is 3. The first-order valence-corrected chi connectivity index (χ1v) is 6.65. The number of fused-ring (bicyclic) bond motifs is 2. The van der Waals surface area contributed by atoms with Gasteiger partial charge in [0.15, 0.2) is 0 Å². The van der Waals surface area contributed by atoms with E-state index in [4.69, 9.17) is 0 Å². The Morgan fingerprint density at radius 2 is 1.30 bits per heavy atom. The number of carboxylic acids is 1. The Hall–Kier alpha value is -2.49. The molecule has 0 spiro atoms. The number of hydrogen-bond acceptors (Lipinski definition) is 4. The molecule has 0 aliphatic carbocycles. The molecule has 0 saturated carbocycles. The zero-order valence-corrected chi connectivity index (χ0v) is 11.2. The maximum atomic E-state index is 11.1. The van der Waals surface area contributed by atoms with Crippen LogP contribution in [0, 0.1) is 0 Å². The lowest BCUT2D eigenvalue weighted by atomic mass is 10.1. The Morgan fingerprint density at radius 1 is 0.900 bits per heavy atom. The minimum absolute atomic E-state index is 0.147. The molecule has 0 aromatic heterocycles. The van der Waals surface area contributed by atoms with Gasteiger partial charge >= 0.3 is 0 Å². The van der Waals surface area contributed by atoms with Crippen molar-refractivity contribution in [2.24, 2.45) is 0 Å². The molecule has 102 valence electrons. The van der Waals surface area contributed by atoms with Crippen LogP contribution in [0.4, 0.5) is 22.7 Å². The van der Waals surface area contributed by atoms with Crippen LogP contribution in [0.3, 0.4) is 0 Å². The van der Waals surface area contributed by atoms with Crippen molar-refractivity contribution in [3.63, 3.8) is 0 Å². The average Bonchev–Trinajstić information content (AvgIpc) is 2.47. The third-order valence-electron chi connectivity index (χ3n) is 3.53. The molecule has 0 unspecified atom stereocenters. The Kier molecular flexibility index (Phi) is 3.06. The van der Waals surface area contributed by atoms with Gasteiger partial charge < -0.3 is 19.7 Å². The number of aliphatic carboxylic acids is 1. The molecule has 2 aromatic rings. The van der Waals surface area contributed by atoms with Gasteiger partial charge in [0.05, 0.1) is 35.3 Å². The first kappa shape index (κ1) is 12.5. The van der Waals surface area contributed by atoms with E-state index in [1.54, 1.807) is 4.90 Å². The maximum Gasteiger partial charge on any atom is 0.0656 e. The van der Waals surface area contributed by atoms with Crippen molar-refractivity contribution in [3.8, 4) is 0 Å². The lowest BCUT2D eigenvalue weighted by molar-refractivity contribution is -0.303. The molecule has 4 heteroatoms. The van der Waals surface area contributed by atoms with E-state index in [0.29, 0.717) is 0 Å². The van der Waals surface area contributed by atoms with Gasteiger partial charge in [0.2, 0.25) is 0 Å². The van der Waals surface area contributed by atoms with Crippen LogP contribution >= 0.6 is 0 Å². The van der Waals surface area contributed by atoms with E-state index in [2.05, 4.69) is 11.8 Å². The Labute approximate surface area is 117 Å². The van der Waals surface area contributed by atoms with Gasteiger partial charge in [-0.15, -0.1) is 0 Å². The Morgan fingerprint density at radius 3 is 1.65 bits per heavy atom. The maximum absolute atomic E-state index is 11.1. The highest BCUT2D eigenvalue weighted by Gasteiger charge is 2.26. The third-order valence-corrected chi connectivity index (χ3v) is 3.53. The molecule has 20 heavy (non-hydrogen) atoms. The van der Waals surface area contributed by atoms with Crippen molar-refractivity contribution in [1.29, 1.82) is 0 Å². The van der Waals surface area contributed by atoms with E-state index in [1.165, 1.54) is 0 Å².